The summed E-state index contributed by atoms with van der Waals surface area (Å²) in [5.74, 6) is 1.03. The fourth-order valence-corrected chi connectivity index (χ4v) is 5.71. The van der Waals surface area contributed by atoms with Gasteiger partial charge in [0.05, 0.1) is 12.2 Å². The number of hydrogen-bond donors (Lipinski definition) is 1. The van der Waals surface area contributed by atoms with Gasteiger partial charge in [-0.25, -0.2) is 0 Å². The lowest BCUT2D eigenvalue weighted by molar-refractivity contribution is -0.306. The summed E-state index contributed by atoms with van der Waals surface area (Å²) in [6, 6.07) is 16.1. The van der Waals surface area contributed by atoms with Gasteiger partial charge in [-0.15, -0.1) is 0 Å². The number of aliphatic hydroxyl groups is 1. The predicted molar refractivity (Wildman–Crippen MR) is 148 cm³/mol. The molecule has 1 atom stereocenters. The number of aryl methyl sites for hydroxylation is 2. The summed E-state index contributed by atoms with van der Waals surface area (Å²) in [5.41, 5.74) is 6.65. The van der Waals surface area contributed by atoms with E-state index in [1.54, 1.807) is 13.8 Å². The predicted octanol–water partition coefficient (Wildman–Crippen LogP) is 5.55. The minimum absolute atomic E-state index is 0.0219. The molecule has 1 heterocycles. The lowest BCUT2D eigenvalue weighted by Gasteiger charge is -2.19. The molecule has 0 amide bonds. The van der Waals surface area contributed by atoms with Gasteiger partial charge in [0.2, 0.25) is 0 Å². The Morgan fingerprint density at radius 2 is 1.77 bits per heavy atom. The highest BCUT2D eigenvalue weighted by Crippen LogP contribution is 2.59. The molecule has 6 nitrogen and oxygen atoms in total. The molecule has 206 valence electrons. The lowest BCUT2D eigenvalue weighted by atomic mass is 9.90. The summed E-state index contributed by atoms with van der Waals surface area (Å²) in [5, 5.41) is 21.3. The van der Waals surface area contributed by atoms with Crippen molar-refractivity contribution in [3.63, 3.8) is 0 Å². The van der Waals surface area contributed by atoms with E-state index in [2.05, 4.69) is 51.1 Å². The number of carboxylic acid groups (broad SMARTS) is 1. The third-order valence-electron chi connectivity index (χ3n) is 8.02. The molecule has 0 aromatic heterocycles. The summed E-state index contributed by atoms with van der Waals surface area (Å²) < 4.78 is 18.3. The second-order valence-electron chi connectivity index (χ2n) is 11.7. The Balaban J connectivity index is 1.31. The van der Waals surface area contributed by atoms with E-state index in [-0.39, 0.29) is 17.9 Å². The van der Waals surface area contributed by atoms with E-state index in [0.717, 1.165) is 57.7 Å². The number of rotatable bonds is 10. The maximum absolute atomic E-state index is 11.3. The van der Waals surface area contributed by atoms with Crippen molar-refractivity contribution in [2.45, 2.75) is 84.0 Å². The van der Waals surface area contributed by atoms with Crippen molar-refractivity contribution in [2.24, 2.45) is 0 Å². The Morgan fingerprint density at radius 1 is 1.05 bits per heavy atom. The average Bonchev–Trinajstić information content (AvgIpc) is 3.55. The molecule has 1 fully saturated rings. The Labute approximate surface area is 230 Å². The topological polar surface area (TPSA) is 88.1 Å². The van der Waals surface area contributed by atoms with Crippen molar-refractivity contribution in [1.29, 1.82) is 0 Å². The molecule has 1 aliphatic carbocycles. The number of aliphatic carboxylic acids is 1. The maximum Gasteiger partial charge on any atom is 0.127 e. The summed E-state index contributed by atoms with van der Waals surface area (Å²) >= 11 is 0. The average molecular weight is 530 g/mol. The minimum atomic E-state index is -1.04. The highest BCUT2D eigenvalue weighted by atomic mass is 16.5. The van der Waals surface area contributed by atoms with Crippen LogP contribution in [0.2, 0.25) is 0 Å². The highest BCUT2D eigenvalue weighted by Gasteiger charge is 2.57. The molecule has 0 saturated heterocycles. The van der Waals surface area contributed by atoms with Crippen molar-refractivity contribution < 1.29 is 29.2 Å². The van der Waals surface area contributed by atoms with E-state index in [9.17, 15) is 15.0 Å². The van der Waals surface area contributed by atoms with Crippen molar-refractivity contribution in [2.75, 3.05) is 6.61 Å². The van der Waals surface area contributed by atoms with Crippen LogP contribution in [0, 0.1) is 20.8 Å². The van der Waals surface area contributed by atoms with Gasteiger partial charge in [-0.3, -0.25) is 0 Å². The Hall–Kier alpha value is -3.51. The van der Waals surface area contributed by atoms with E-state index in [4.69, 9.17) is 14.2 Å². The molecule has 6 heteroatoms. The van der Waals surface area contributed by atoms with E-state index in [1.165, 1.54) is 5.56 Å². The molecule has 1 saturated carbocycles. The van der Waals surface area contributed by atoms with E-state index >= 15 is 0 Å². The van der Waals surface area contributed by atoms with Crippen LogP contribution in [0.3, 0.4) is 0 Å². The fourth-order valence-electron chi connectivity index (χ4n) is 5.71. The number of carbonyl (C=O) groups is 1. The second-order valence-corrected chi connectivity index (χ2v) is 11.7. The summed E-state index contributed by atoms with van der Waals surface area (Å²) in [6.45, 7) is 10.7. The summed E-state index contributed by atoms with van der Waals surface area (Å²) in [6.07, 6.45) is 2.28. The zero-order valence-corrected chi connectivity index (χ0v) is 23.4. The smallest absolute Gasteiger partial charge is 0.127 e. The van der Waals surface area contributed by atoms with Gasteiger partial charge in [-0.1, -0.05) is 24.3 Å². The molecule has 1 N–H and O–H groups in total. The molecule has 1 spiro atoms. The van der Waals surface area contributed by atoms with Gasteiger partial charge < -0.3 is 29.2 Å². The zero-order chi connectivity index (χ0) is 27.9. The van der Waals surface area contributed by atoms with Crippen LogP contribution in [0.1, 0.15) is 73.3 Å². The van der Waals surface area contributed by atoms with Crippen LogP contribution in [-0.4, -0.2) is 28.9 Å². The molecule has 1 unspecified atom stereocenters. The van der Waals surface area contributed by atoms with Crippen LogP contribution in [-0.2, 0) is 11.4 Å². The first kappa shape index (κ1) is 27.1. The number of fused-ring (bicyclic) bond motifs is 1. The molecule has 5 rings (SSSR count). The van der Waals surface area contributed by atoms with Crippen molar-refractivity contribution >= 4 is 5.97 Å². The van der Waals surface area contributed by atoms with E-state index < -0.39 is 11.6 Å². The first-order valence-electron chi connectivity index (χ1n) is 13.7. The van der Waals surface area contributed by atoms with E-state index in [1.807, 2.05) is 18.2 Å². The van der Waals surface area contributed by atoms with Crippen LogP contribution in [0.15, 0.2) is 48.5 Å². The van der Waals surface area contributed by atoms with Gasteiger partial charge in [0.15, 0.2) is 0 Å². The Kier molecular flexibility index (Phi) is 7.10. The zero-order valence-electron chi connectivity index (χ0n) is 23.4. The minimum Gasteiger partial charge on any atom is -0.550 e. The van der Waals surface area contributed by atoms with Crippen molar-refractivity contribution in [3.05, 3.63) is 76.3 Å². The third kappa shape index (κ3) is 5.76. The number of carboxylic acids is 1. The first-order chi connectivity index (χ1) is 18.5. The van der Waals surface area contributed by atoms with Gasteiger partial charge in [0.1, 0.15) is 29.5 Å². The van der Waals surface area contributed by atoms with Gasteiger partial charge in [0.25, 0.3) is 0 Å². The van der Waals surface area contributed by atoms with Crippen LogP contribution < -0.4 is 19.3 Å². The molecule has 1 aliphatic heterocycles. The summed E-state index contributed by atoms with van der Waals surface area (Å²) in [4.78, 5) is 11.3. The normalized spacial score (nSPS) is 17.0. The number of ether oxygens (including phenoxy) is 3. The number of benzene rings is 3. The molecular weight excluding hydrogens is 492 g/mol. The van der Waals surface area contributed by atoms with Crippen LogP contribution in [0.25, 0.3) is 11.1 Å². The number of hydrogen-bond acceptors (Lipinski definition) is 6. The molecule has 0 bridgehead atoms. The largest absolute Gasteiger partial charge is 0.550 e. The summed E-state index contributed by atoms with van der Waals surface area (Å²) in [7, 11) is 0. The molecule has 3 aromatic rings. The van der Waals surface area contributed by atoms with Gasteiger partial charge in [-0.2, -0.15) is 0 Å². The van der Waals surface area contributed by atoms with Crippen LogP contribution >= 0.6 is 0 Å². The van der Waals surface area contributed by atoms with Gasteiger partial charge in [0, 0.05) is 29.9 Å². The lowest BCUT2D eigenvalue weighted by Crippen LogP contribution is -2.29. The van der Waals surface area contributed by atoms with Crippen LogP contribution in [0.5, 0.6) is 17.2 Å². The van der Waals surface area contributed by atoms with Gasteiger partial charge in [-0.05, 0) is 105 Å². The second kappa shape index (κ2) is 10.2. The SMILES string of the molecule is Cc1cc(OCCC(C)(C)O)cc(C)c1-c1cccc(COc2ccc3c(c2)OC2(CC2)C3CC(=O)[O-])c1C. The van der Waals surface area contributed by atoms with Crippen molar-refractivity contribution in [1.82, 2.24) is 0 Å². The van der Waals surface area contributed by atoms with Gasteiger partial charge >= 0.3 is 0 Å². The fraction of sp³-hybridized carbons (Fsp3) is 0.424. The molecule has 2 aliphatic rings. The van der Waals surface area contributed by atoms with Crippen molar-refractivity contribution in [3.8, 4) is 28.4 Å². The Morgan fingerprint density at radius 3 is 2.41 bits per heavy atom. The highest BCUT2D eigenvalue weighted by molar-refractivity contribution is 5.75. The molecular formula is C33H37O6-. The molecule has 39 heavy (non-hydrogen) atoms. The maximum atomic E-state index is 11.3. The monoisotopic (exact) mass is 529 g/mol. The number of carbonyl (C=O) groups excluding carboxylic acids is 1. The molecule has 3 aromatic carbocycles. The first-order valence-corrected chi connectivity index (χ1v) is 13.7. The Bertz CT molecular complexity index is 1370. The standard InChI is InChI=1S/C33H38O6/c1-20-15-25(37-14-13-32(4,5)36)16-21(2)31(20)26-8-6-7-23(22(26)3)19-38-24-9-10-27-28(18-30(34)35)33(11-12-33)39-29(27)17-24/h6-10,15-17,28,36H,11-14,18-19H2,1-5H3,(H,34,35)/p-1. The quantitative estimate of drug-likeness (QED) is 0.371. The third-order valence-corrected chi connectivity index (χ3v) is 8.02. The van der Waals surface area contributed by atoms with Crippen LogP contribution in [0.4, 0.5) is 0 Å². The van der Waals surface area contributed by atoms with E-state index in [0.29, 0.717) is 25.4 Å². The molecule has 0 radical (unpaired) electrons.